The Balaban J connectivity index is 1.48. The Hall–Kier alpha value is -3.89. The number of alkyl halides is 2. The van der Waals surface area contributed by atoms with Crippen LogP contribution >= 0.6 is 0 Å². The van der Waals surface area contributed by atoms with Crippen LogP contribution in [0.3, 0.4) is 0 Å². The molecule has 2 aromatic heterocycles. The Labute approximate surface area is 212 Å². The number of benzene rings is 1. The predicted molar refractivity (Wildman–Crippen MR) is 132 cm³/mol. The summed E-state index contributed by atoms with van der Waals surface area (Å²) in [6, 6.07) is 10.8. The lowest BCUT2D eigenvalue weighted by molar-refractivity contribution is -0.130. The summed E-state index contributed by atoms with van der Waals surface area (Å²) in [6.45, 7) is 4.58. The third-order valence-corrected chi connectivity index (χ3v) is 6.44. The molecule has 0 unspecified atom stereocenters. The van der Waals surface area contributed by atoms with Crippen LogP contribution in [0.4, 0.5) is 20.4 Å². The maximum atomic E-state index is 14.1. The van der Waals surface area contributed by atoms with Crippen molar-refractivity contribution in [3.63, 3.8) is 0 Å². The van der Waals surface area contributed by atoms with Crippen molar-refractivity contribution in [1.82, 2.24) is 29.7 Å². The third-order valence-electron chi connectivity index (χ3n) is 6.44. The molecule has 2 saturated heterocycles. The van der Waals surface area contributed by atoms with Crippen LogP contribution in [-0.4, -0.2) is 95.9 Å². The third kappa shape index (κ3) is 5.30. The van der Waals surface area contributed by atoms with Gasteiger partial charge in [0.15, 0.2) is 5.82 Å². The van der Waals surface area contributed by atoms with Gasteiger partial charge in [0, 0.05) is 45.3 Å². The molecule has 194 valence electrons. The van der Waals surface area contributed by atoms with Crippen LogP contribution in [-0.2, 0) is 9.53 Å². The molecule has 11 nitrogen and oxygen atoms in total. The normalized spacial score (nSPS) is 16.4. The zero-order valence-corrected chi connectivity index (χ0v) is 20.2. The first-order valence-corrected chi connectivity index (χ1v) is 12.1. The molecule has 0 bridgehead atoms. The molecule has 0 atom stereocenters. The Morgan fingerprint density at radius 1 is 1.03 bits per heavy atom. The molecule has 0 radical (unpaired) electrons. The van der Waals surface area contributed by atoms with Crippen molar-refractivity contribution in [2.75, 3.05) is 75.4 Å². The predicted octanol–water partition coefficient (Wildman–Crippen LogP) is 1.35. The molecular formula is C24H27F2N9O2. The number of halogens is 2. The minimum atomic E-state index is -2.81. The van der Waals surface area contributed by atoms with Crippen LogP contribution in [0.5, 0.6) is 0 Å². The van der Waals surface area contributed by atoms with Crippen LogP contribution in [0, 0.1) is 11.3 Å². The highest BCUT2D eigenvalue weighted by Gasteiger charge is 2.26. The number of aromatic nitrogens is 4. The van der Waals surface area contributed by atoms with E-state index in [0.717, 1.165) is 0 Å². The lowest BCUT2D eigenvalue weighted by atomic mass is 10.3. The van der Waals surface area contributed by atoms with E-state index in [2.05, 4.69) is 15.2 Å². The van der Waals surface area contributed by atoms with Gasteiger partial charge >= 0.3 is 0 Å². The van der Waals surface area contributed by atoms with E-state index >= 15 is 0 Å². The number of carbonyl (C=O) groups excluding carboxylic acids is 1. The molecule has 2 fully saturated rings. The molecule has 3 aromatic rings. The number of para-hydroxylation sites is 2. The fourth-order valence-electron chi connectivity index (χ4n) is 4.55. The van der Waals surface area contributed by atoms with Crippen LogP contribution < -0.4 is 15.1 Å². The van der Waals surface area contributed by atoms with Gasteiger partial charge in [-0.05, 0) is 12.1 Å². The fourth-order valence-corrected chi connectivity index (χ4v) is 4.55. The van der Waals surface area contributed by atoms with E-state index < -0.39 is 12.2 Å². The number of morpholine rings is 1. The van der Waals surface area contributed by atoms with E-state index in [1.807, 2.05) is 17.0 Å². The molecule has 0 aliphatic carbocycles. The van der Waals surface area contributed by atoms with E-state index in [1.54, 1.807) is 29.2 Å². The van der Waals surface area contributed by atoms with Gasteiger partial charge in [-0.15, -0.1) is 0 Å². The zero-order chi connectivity index (χ0) is 25.8. The Morgan fingerprint density at radius 2 is 1.70 bits per heavy atom. The monoisotopic (exact) mass is 511 g/mol. The molecular weight excluding hydrogens is 484 g/mol. The second-order valence-electron chi connectivity index (χ2n) is 8.71. The van der Waals surface area contributed by atoms with E-state index in [4.69, 9.17) is 20.0 Å². The number of carbonyl (C=O) groups is 1. The van der Waals surface area contributed by atoms with Crippen molar-refractivity contribution in [2.45, 2.75) is 6.43 Å². The lowest BCUT2D eigenvalue weighted by Gasteiger charge is -2.36. The van der Waals surface area contributed by atoms with Gasteiger partial charge in [0.1, 0.15) is 11.6 Å². The fraction of sp³-hybridized carbons (Fsp3) is 0.458. The molecule has 37 heavy (non-hydrogen) atoms. The standard InChI is InChI=1S/C24H27F2N9O2/c25-22(26)23-29-17-3-1-2-4-18(17)35(23)24-30-19(15-20(31-24)33-11-13-37-14-12-33)32-7-9-34(10-8-32)21(36)16-28-6-5-27/h1-4,15,22,28H,6-14,16H2. The van der Waals surface area contributed by atoms with Gasteiger partial charge in [-0.3, -0.25) is 14.7 Å². The minimum Gasteiger partial charge on any atom is -0.378 e. The van der Waals surface area contributed by atoms with Gasteiger partial charge in [0.05, 0.1) is 43.4 Å². The quantitative estimate of drug-likeness (QED) is 0.371. The molecule has 4 heterocycles. The number of anilines is 2. The number of nitrogens with one attached hydrogen (secondary N) is 1. The van der Waals surface area contributed by atoms with Crippen molar-refractivity contribution in [3.05, 3.63) is 36.2 Å². The van der Waals surface area contributed by atoms with Crippen LogP contribution in [0.2, 0.25) is 0 Å². The molecule has 1 aromatic carbocycles. The number of nitriles is 1. The summed E-state index contributed by atoms with van der Waals surface area (Å²) in [7, 11) is 0. The van der Waals surface area contributed by atoms with Gasteiger partial charge in [0.25, 0.3) is 6.43 Å². The molecule has 5 rings (SSSR count). The topological polar surface area (TPSA) is 115 Å². The zero-order valence-electron chi connectivity index (χ0n) is 20.2. The summed E-state index contributed by atoms with van der Waals surface area (Å²) in [5, 5.41) is 11.4. The maximum absolute atomic E-state index is 14.1. The summed E-state index contributed by atoms with van der Waals surface area (Å²) in [4.78, 5) is 31.8. The Morgan fingerprint density at radius 3 is 2.38 bits per heavy atom. The number of nitrogens with zero attached hydrogens (tertiary/aromatic N) is 8. The summed E-state index contributed by atoms with van der Waals surface area (Å²) >= 11 is 0. The molecule has 0 saturated carbocycles. The highest BCUT2D eigenvalue weighted by atomic mass is 19.3. The first kappa shape index (κ1) is 24.8. The number of rotatable bonds is 7. The average Bonchev–Trinajstić information content (AvgIpc) is 3.34. The smallest absolute Gasteiger partial charge is 0.296 e. The summed E-state index contributed by atoms with van der Waals surface area (Å²) in [6.07, 6.45) is -2.81. The molecule has 1 N–H and O–H groups in total. The Bertz CT molecular complexity index is 1300. The number of imidazole rings is 1. The maximum Gasteiger partial charge on any atom is 0.296 e. The van der Waals surface area contributed by atoms with Gasteiger partial charge in [-0.2, -0.15) is 15.2 Å². The first-order chi connectivity index (χ1) is 18.0. The second kappa shape index (κ2) is 11.0. The summed E-state index contributed by atoms with van der Waals surface area (Å²) < 4.78 is 34.9. The number of amides is 1. The van der Waals surface area contributed by atoms with Gasteiger partial charge in [-0.25, -0.2) is 13.8 Å². The minimum absolute atomic E-state index is 0.0706. The van der Waals surface area contributed by atoms with E-state index in [1.165, 1.54) is 4.57 Å². The van der Waals surface area contributed by atoms with Crippen molar-refractivity contribution in [1.29, 1.82) is 5.26 Å². The highest BCUT2D eigenvalue weighted by Crippen LogP contribution is 2.29. The van der Waals surface area contributed by atoms with E-state index in [0.29, 0.717) is 75.2 Å². The van der Waals surface area contributed by atoms with E-state index in [9.17, 15) is 13.6 Å². The van der Waals surface area contributed by atoms with Gasteiger partial charge in [0.2, 0.25) is 11.9 Å². The van der Waals surface area contributed by atoms with Crippen molar-refractivity contribution < 1.29 is 18.3 Å². The molecule has 2 aliphatic rings. The molecule has 1 amide bonds. The summed E-state index contributed by atoms with van der Waals surface area (Å²) in [5.41, 5.74) is 0.944. The Kier molecular flexibility index (Phi) is 7.38. The van der Waals surface area contributed by atoms with Gasteiger partial charge < -0.3 is 19.4 Å². The number of ether oxygens (including phenoxy) is 1. The van der Waals surface area contributed by atoms with E-state index in [-0.39, 0.29) is 24.9 Å². The van der Waals surface area contributed by atoms with Crippen LogP contribution in [0.25, 0.3) is 17.0 Å². The molecule has 2 aliphatic heterocycles. The van der Waals surface area contributed by atoms with Crippen molar-refractivity contribution in [3.8, 4) is 12.0 Å². The first-order valence-electron chi connectivity index (χ1n) is 12.1. The molecule has 13 heteroatoms. The van der Waals surface area contributed by atoms with Gasteiger partial charge in [-0.1, -0.05) is 12.1 Å². The number of fused-ring (bicyclic) bond motifs is 1. The van der Waals surface area contributed by atoms with Crippen molar-refractivity contribution in [2.24, 2.45) is 0 Å². The average molecular weight is 512 g/mol. The summed E-state index contributed by atoms with van der Waals surface area (Å²) in [5.74, 6) is 0.868. The number of piperazine rings is 1. The SMILES string of the molecule is N#CCNCC(=O)N1CCN(c2cc(N3CCOCC3)nc(-n3c(C(F)F)nc4ccccc43)n2)CC1. The van der Waals surface area contributed by atoms with Crippen molar-refractivity contribution >= 4 is 28.6 Å². The second-order valence-corrected chi connectivity index (χ2v) is 8.71. The van der Waals surface area contributed by atoms with Crippen LogP contribution in [0.1, 0.15) is 12.2 Å². The highest BCUT2D eigenvalue weighted by molar-refractivity contribution is 5.79. The van der Waals surface area contributed by atoms with Crippen LogP contribution in [0.15, 0.2) is 30.3 Å². The number of hydrogen-bond donors (Lipinski definition) is 1. The number of hydrogen-bond acceptors (Lipinski definition) is 9. The largest absolute Gasteiger partial charge is 0.378 e. The lowest BCUT2D eigenvalue weighted by Crippen LogP contribution is -2.51. The molecule has 0 spiro atoms.